The van der Waals surface area contributed by atoms with Gasteiger partial charge in [0, 0.05) is 6.07 Å². The number of hydrogen-bond donors (Lipinski definition) is 1. The first-order valence-electron chi connectivity index (χ1n) is 5.83. The monoisotopic (exact) mass is 273 g/mol. The zero-order valence-corrected chi connectivity index (χ0v) is 11.7. The summed E-state index contributed by atoms with van der Waals surface area (Å²) >= 11 is 5.04. The van der Waals surface area contributed by atoms with Gasteiger partial charge in [0.2, 0.25) is 0 Å². The highest BCUT2D eigenvalue weighted by Crippen LogP contribution is 2.30. The zero-order chi connectivity index (χ0) is 13.8. The lowest BCUT2D eigenvalue weighted by atomic mass is 10.2. The Morgan fingerprint density at radius 3 is 2.47 bits per heavy atom. The lowest BCUT2D eigenvalue weighted by Crippen LogP contribution is -2.10. The van der Waals surface area contributed by atoms with Gasteiger partial charge in [0.25, 0.3) is 0 Å². The fraction of sp³-hybridized carbons (Fsp3) is 0.133. The van der Waals surface area contributed by atoms with E-state index in [1.165, 1.54) is 0 Å². The molecule has 0 saturated carbocycles. The topological polar surface area (TPSA) is 44.5 Å². The summed E-state index contributed by atoms with van der Waals surface area (Å²) in [5.74, 6) is 2.07. The summed E-state index contributed by atoms with van der Waals surface area (Å²) in [5.41, 5.74) is 7.44. The van der Waals surface area contributed by atoms with E-state index >= 15 is 0 Å². The fourth-order valence-electron chi connectivity index (χ4n) is 1.71. The van der Waals surface area contributed by atoms with Gasteiger partial charge in [0.1, 0.15) is 22.2 Å². The third kappa shape index (κ3) is 3.03. The van der Waals surface area contributed by atoms with Gasteiger partial charge in [-0.3, -0.25) is 0 Å². The van der Waals surface area contributed by atoms with E-state index in [-0.39, 0.29) is 0 Å². The average molecular weight is 273 g/mol. The van der Waals surface area contributed by atoms with E-state index in [0.29, 0.717) is 22.1 Å². The molecule has 0 aromatic heterocycles. The van der Waals surface area contributed by atoms with Gasteiger partial charge >= 0.3 is 0 Å². The summed E-state index contributed by atoms with van der Waals surface area (Å²) in [5, 5.41) is 0. The second kappa shape index (κ2) is 5.71. The normalized spacial score (nSPS) is 10.0. The molecule has 0 aliphatic heterocycles. The molecule has 0 saturated heterocycles. The number of rotatable bonds is 4. The minimum absolute atomic E-state index is 0.297. The van der Waals surface area contributed by atoms with Crippen LogP contribution in [0.5, 0.6) is 17.2 Å². The minimum atomic E-state index is 0.297. The van der Waals surface area contributed by atoms with Crippen molar-refractivity contribution in [1.82, 2.24) is 0 Å². The molecule has 0 heterocycles. The van der Waals surface area contributed by atoms with Gasteiger partial charge in [-0.2, -0.15) is 0 Å². The van der Waals surface area contributed by atoms with Crippen molar-refractivity contribution in [3.8, 4) is 17.2 Å². The highest BCUT2D eigenvalue weighted by atomic mass is 32.1. The quantitative estimate of drug-likeness (QED) is 0.867. The maximum atomic E-state index is 5.90. The van der Waals surface area contributed by atoms with Crippen LogP contribution in [0.25, 0.3) is 0 Å². The van der Waals surface area contributed by atoms with Crippen molar-refractivity contribution < 1.29 is 9.47 Å². The summed E-state index contributed by atoms with van der Waals surface area (Å²) in [6.45, 7) is 1.98. The van der Waals surface area contributed by atoms with Crippen LogP contribution in [0.1, 0.15) is 11.1 Å². The molecule has 0 amide bonds. The van der Waals surface area contributed by atoms with E-state index in [1.54, 1.807) is 25.3 Å². The molecule has 0 atom stereocenters. The Balaban J connectivity index is 2.43. The average Bonchev–Trinajstić information content (AvgIpc) is 2.41. The fourth-order valence-corrected chi connectivity index (χ4v) is 1.88. The highest BCUT2D eigenvalue weighted by molar-refractivity contribution is 7.80. The molecule has 4 heteroatoms. The maximum absolute atomic E-state index is 5.90. The molecule has 0 bridgehead atoms. The van der Waals surface area contributed by atoms with Crippen molar-refractivity contribution in [2.75, 3.05) is 7.11 Å². The van der Waals surface area contributed by atoms with Gasteiger partial charge < -0.3 is 15.2 Å². The molecule has 0 spiro atoms. The molecule has 0 aliphatic carbocycles. The molecule has 2 aromatic rings. The summed E-state index contributed by atoms with van der Waals surface area (Å²) < 4.78 is 11.1. The SMILES string of the molecule is COc1ccc(C(N)=S)c(Oc2ccccc2C)c1. The Morgan fingerprint density at radius 1 is 1.11 bits per heavy atom. The van der Waals surface area contributed by atoms with Crippen LogP contribution < -0.4 is 15.2 Å². The maximum Gasteiger partial charge on any atom is 0.141 e. The van der Waals surface area contributed by atoms with Crippen molar-refractivity contribution in [1.29, 1.82) is 0 Å². The van der Waals surface area contributed by atoms with Crippen molar-refractivity contribution in [3.63, 3.8) is 0 Å². The third-order valence-corrected chi connectivity index (χ3v) is 2.99. The zero-order valence-electron chi connectivity index (χ0n) is 10.8. The first-order chi connectivity index (χ1) is 9.11. The summed E-state index contributed by atoms with van der Waals surface area (Å²) in [6, 6.07) is 13.1. The van der Waals surface area contributed by atoms with E-state index in [2.05, 4.69) is 0 Å². The minimum Gasteiger partial charge on any atom is -0.497 e. The van der Waals surface area contributed by atoms with Gasteiger partial charge in [0.05, 0.1) is 12.7 Å². The third-order valence-electron chi connectivity index (χ3n) is 2.77. The van der Waals surface area contributed by atoms with Crippen LogP contribution in [0.2, 0.25) is 0 Å². The van der Waals surface area contributed by atoms with Crippen molar-refractivity contribution in [2.24, 2.45) is 5.73 Å². The van der Waals surface area contributed by atoms with Crippen molar-refractivity contribution in [2.45, 2.75) is 6.92 Å². The molecule has 0 unspecified atom stereocenters. The van der Waals surface area contributed by atoms with Gasteiger partial charge in [-0.1, -0.05) is 30.4 Å². The Labute approximate surface area is 118 Å². The Bertz CT molecular complexity index is 611. The van der Waals surface area contributed by atoms with Gasteiger partial charge in [-0.05, 0) is 30.7 Å². The van der Waals surface area contributed by atoms with E-state index in [9.17, 15) is 0 Å². The first-order valence-corrected chi connectivity index (χ1v) is 6.24. The molecule has 2 rings (SSSR count). The van der Waals surface area contributed by atoms with E-state index in [0.717, 1.165) is 11.3 Å². The van der Waals surface area contributed by atoms with Crippen LogP contribution in [-0.4, -0.2) is 12.1 Å². The molecular weight excluding hydrogens is 258 g/mol. The van der Waals surface area contributed by atoms with E-state index < -0.39 is 0 Å². The van der Waals surface area contributed by atoms with Crippen LogP contribution in [0, 0.1) is 6.92 Å². The lowest BCUT2D eigenvalue weighted by Gasteiger charge is -2.13. The predicted molar refractivity (Wildman–Crippen MR) is 80.1 cm³/mol. The van der Waals surface area contributed by atoms with Gasteiger partial charge in [-0.25, -0.2) is 0 Å². The van der Waals surface area contributed by atoms with Crippen LogP contribution in [0.4, 0.5) is 0 Å². The number of hydrogen-bond acceptors (Lipinski definition) is 3. The predicted octanol–water partition coefficient (Wildman–Crippen LogP) is 3.43. The standard InChI is InChI=1S/C15H15NO2S/c1-10-5-3-4-6-13(10)18-14-9-11(17-2)7-8-12(14)15(16)19/h3-9H,1-2H3,(H2,16,19). The highest BCUT2D eigenvalue weighted by Gasteiger charge is 2.10. The molecule has 2 aromatic carbocycles. The van der Waals surface area contributed by atoms with Crippen LogP contribution in [0.15, 0.2) is 42.5 Å². The number of para-hydroxylation sites is 1. The van der Waals surface area contributed by atoms with Gasteiger partial charge in [-0.15, -0.1) is 0 Å². The summed E-state index contributed by atoms with van der Waals surface area (Å²) in [6.07, 6.45) is 0. The smallest absolute Gasteiger partial charge is 0.141 e. The Morgan fingerprint density at radius 2 is 1.84 bits per heavy atom. The number of aryl methyl sites for hydroxylation is 1. The van der Waals surface area contributed by atoms with Crippen molar-refractivity contribution in [3.05, 3.63) is 53.6 Å². The summed E-state index contributed by atoms with van der Waals surface area (Å²) in [4.78, 5) is 0.297. The van der Waals surface area contributed by atoms with Crippen molar-refractivity contribution >= 4 is 17.2 Å². The molecule has 3 nitrogen and oxygen atoms in total. The Hall–Kier alpha value is -2.07. The number of benzene rings is 2. The number of ether oxygens (including phenoxy) is 2. The van der Waals surface area contributed by atoms with E-state index in [4.69, 9.17) is 27.4 Å². The Kier molecular flexibility index (Phi) is 4.02. The molecule has 19 heavy (non-hydrogen) atoms. The molecule has 0 radical (unpaired) electrons. The summed E-state index contributed by atoms with van der Waals surface area (Å²) in [7, 11) is 1.60. The van der Waals surface area contributed by atoms with Crippen LogP contribution in [-0.2, 0) is 0 Å². The van der Waals surface area contributed by atoms with Gasteiger partial charge in [0.15, 0.2) is 0 Å². The molecule has 0 aliphatic rings. The molecule has 2 N–H and O–H groups in total. The van der Waals surface area contributed by atoms with E-state index in [1.807, 2.05) is 31.2 Å². The molecule has 0 fully saturated rings. The molecular formula is C15H15NO2S. The van der Waals surface area contributed by atoms with Crippen LogP contribution >= 0.6 is 12.2 Å². The number of thiocarbonyl (C=S) groups is 1. The first kappa shape index (κ1) is 13.4. The van der Waals surface area contributed by atoms with Crippen LogP contribution in [0.3, 0.4) is 0 Å². The lowest BCUT2D eigenvalue weighted by molar-refractivity contribution is 0.408. The number of methoxy groups -OCH3 is 1. The molecule has 98 valence electrons. The second-order valence-electron chi connectivity index (χ2n) is 4.09. The largest absolute Gasteiger partial charge is 0.497 e. The second-order valence-corrected chi connectivity index (χ2v) is 4.53. The number of nitrogens with two attached hydrogens (primary N) is 1.